The molecule has 0 atom stereocenters. The van der Waals surface area contributed by atoms with Crippen molar-refractivity contribution in [1.82, 2.24) is 9.88 Å². The molecule has 88 valence electrons. The van der Waals surface area contributed by atoms with Gasteiger partial charge in [0.1, 0.15) is 5.69 Å². The number of hydrogen-bond acceptors (Lipinski definition) is 3. The summed E-state index contributed by atoms with van der Waals surface area (Å²) in [4.78, 5) is 17.9. The lowest BCUT2D eigenvalue weighted by Gasteiger charge is -2.22. The second kappa shape index (κ2) is 5.49. The molecule has 0 saturated heterocycles. The van der Waals surface area contributed by atoms with Crippen LogP contribution in [-0.2, 0) is 0 Å². The Kier molecular flexibility index (Phi) is 4.28. The van der Waals surface area contributed by atoms with Crippen molar-refractivity contribution in [2.75, 3.05) is 18.8 Å². The predicted molar refractivity (Wildman–Crippen MR) is 65.1 cm³/mol. The minimum Gasteiger partial charge on any atom is -0.399 e. The maximum absolute atomic E-state index is 12.1. The molecule has 0 aromatic carbocycles. The third kappa shape index (κ3) is 3.22. The first kappa shape index (κ1) is 12.5. The van der Waals surface area contributed by atoms with Gasteiger partial charge in [0.25, 0.3) is 5.91 Å². The number of nitrogens with two attached hydrogens (primary N) is 1. The predicted octanol–water partition coefficient (Wildman–Crippen LogP) is 1.78. The fourth-order valence-corrected chi connectivity index (χ4v) is 1.52. The monoisotopic (exact) mass is 221 g/mol. The van der Waals surface area contributed by atoms with E-state index in [1.54, 1.807) is 23.2 Å². The summed E-state index contributed by atoms with van der Waals surface area (Å²) in [6.45, 7) is 7.57. The average Bonchev–Trinajstić information content (AvgIpc) is 2.24. The van der Waals surface area contributed by atoms with Gasteiger partial charge in [-0.25, -0.2) is 0 Å². The van der Waals surface area contributed by atoms with Crippen LogP contribution in [0.15, 0.2) is 18.3 Å². The Hall–Kier alpha value is -1.58. The van der Waals surface area contributed by atoms with Gasteiger partial charge in [-0.15, -0.1) is 0 Å². The number of anilines is 1. The van der Waals surface area contributed by atoms with Crippen LogP contribution in [0.2, 0.25) is 0 Å². The van der Waals surface area contributed by atoms with E-state index in [0.717, 1.165) is 6.54 Å². The van der Waals surface area contributed by atoms with Crippen molar-refractivity contribution < 1.29 is 4.79 Å². The molecule has 0 saturated carbocycles. The van der Waals surface area contributed by atoms with Gasteiger partial charge in [0.05, 0.1) is 0 Å². The van der Waals surface area contributed by atoms with Crippen LogP contribution in [0, 0.1) is 5.92 Å². The van der Waals surface area contributed by atoms with Crippen LogP contribution >= 0.6 is 0 Å². The van der Waals surface area contributed by atoms with Gasteiger partial charge in [-0.05, 0) is 25.0 Å². The summed E-state index contributed by atoms with van der Waals surface area (Å²) in [6.07, 6.45) is 1.56. The summed E-state index contributed by atoms with van der Waals surface area (Å²) < 4.78 is 0. The van der Waals surface area contributed by atoms with E-state index in [2.05, 4.69) is 18.8 Å². The second-order valence-electron chi connectivity index (χ2n) is 4.21. The summed E-state index contributed by atoms with van der Waals surface area (Å²) in [5, 5.41) is 0. The molecule has 1 heterocycles. The molecule has 4 heteroatoms. The van der Waals surface area contributed by atoms with Gasteiger partial charge in [0.2, 0.25) is 0 Å². The molecule has 0 unspecified atom stereocenters. The van der Waals surface area contributed by atoms with Gasteiger partial charge in [0.15, 0.2) is 0 Å². The number of aromatic nitrogens is 1. The van der Waals surface area contributed by atoms with E-state index in [4.69, 9.17) is 5.73 Å². The normalized spacial score (nSPS) is 10.5. The molecule has 0 radical (unpaired) electrons. The molecule has 0 fully saturated rings. The van der Waals surface area contributed by atoms with E-state index in [-0.39, 0.29) is 5.91 Å². The van der Waals surface area contributed by atoms with Crippen LogP contribution < -0.4 is 5.73 Å². The number of rotatable bonds is 4. The molecule has 0 spiro atoms. The summed E-state index contributed by atoms with van der Waals surface area (Å²) in [5.41, 5.74) is 6.62. The highest BCUT2D eigenvalue weighted by Crippen LogP contribution is 2.08. The highest BCUT2D eigenvalue weighted by Gasteiger charge is 2.16. The summed E-state index contributed by atoms with van der Waals surface area (Å²) in [7, 11) is 0. The van der Waals surface area contributed by atoms with Gasteiger partial charge in [-0.3, -0.25) is 9.78 Å². The number of nitrogen functional groups attached to an aromatic ring is 1. The molecule has 0 bridgehead atoms. The molecule has 16 heavy (non-hydrogen) atoms. The number of nitrogens with zero attached hydrogens (tertiary/aromatic N) is 2. The van der Waals surface area contributed by atoms with Crippen molar-refractivity contribution in [3.63, 3.8) is 0 Å². The SMILES string of the molecule is CCN(CC(C)C)C(=O)c1cc(N)ccn1. The molecular formula is C12H19N3O. The smallest absolute Gasteiger partial charge is 0.272 e. The fraction of sp³-hybridized carbons (Fsp3) is 0.500. The minimum atomic E-state index is -0.0523. The molecule has 0 aliphatic carbocycles. The van der Waals surface area contributed by atoms with Gasteiger partial charge < -0.3 is 10.6 Å². The molecule has 0 aliphatic heterocycles. The van der Waals surface area contributed by atoms with E-state index < -0.39 is 0 Å². The van der Waals surface area contributed by atoms with E-state index >= 15 is 0 Å². The lowest BCUT2D eigenvalue weighted by Crippen LogP contribution is -2.34. The number of pyridine rings is 1. The van der Waals surface area contributed by atoms with Gasteiger partial charge in [-0.2, -0.15) is 0 Å². The molecule has 1 aromatic rings. The standard InChI is InChI=1S/C12H19N3O/c1-4-15(8-9(2)3)12(16)11-7-10(13)5-6-14-11/h5-7,9H,4,8H2,1-3H3,(H2,13,14). The summed E-state index contributed by atoms with van der Waals surface area (Å²) in [6, 6.07) is 3.29. The number of carbonyl (C=O) groups is 1. The maximum Gasteiger partial charge on any atom is 0.272 e. The number of amides is 1. The average molecular weight is 221 g/mol. The van der Waals surface area contributed by atoms with E-state index in [9.17, 15) is 4.79 Å². The van der Waals surface area contributed by atoms with Gasteiger partial charge >= 0.3 is 0 Å². The van der Waals surface area contributed by atoms with Crippen molar-refractivity contribution in [2.45, 2.75) is 20.8 Å². The Morgan fingerprint density at radius 1 is 1.56 bits per heavy atom. The summed E-state index contributed by atoms with van der Waals surface area (Å²) in [5.74, 6) is 0.397. The Morgan fingerprint density at radius 2 is 2.25 bits per heavy atom. The quantitative estimate of drug-likeness (QED) is 0.843. The molecule has 4 nitrogen and oxygen atoms in total. The van der Waals surface area contributed by atoms with Crippen LogP contribution in [0.25, 0.3) is 0 Å². The molecular weight excluding hydrogens is 202 g/mol. The van der Waals surface area contributed by atoms with Gasteiger partial charge in [-0.1, -0.05) is 13.8 Å². The fourth-order valence-electron chi connectivity index (χ4n) is 1.52. The van der Waals surface area contributed by atoms with Gasteiger partial charge in [0, 0.05) is 25.0 Å². The number of hydrogen-bond donors (Lipinski definition) is 1. The lowest BCUT2D eigenvalue weighted by atomic mass is 10.2. The van der Waals surface area contributed by atoms with Crippen molar-refractivity contribution in [3.8, 4) is 0 Å². The zero-order valence-corrected chi connectivity index (χ0v) is 10.1. The van der Waals surface area contributed by atoms with Crippen molar-refractivity contribution >= 4 is 11.6 Å². The van der Waals surface area contributed by atoms with Crippen molar-refractivity contribution in [3.05, 3.63) is 24.0 Å². The van der Waals surface area contributed by atoms with E-state index in [1.807, 2.05) is 6.92 Å². The molecule has 0 aliphatic rings. The summed E-state index contributed by atoms with van der Waals surface area (Å²) >= 11 is 0. The second-order valence-corrected chi connectivity index (χ2v) is 4.21. The number of carbonyl (C=O) groups excluding carboxylic acids is 1. The molecule has 1 aromatic heterocycles. The van der Waals surface area contributed by atoms with Crippen molar-refractivity contribution in [1.29, 1.82) is 0 Å². The first-order chi connectivity index (χ1) is 7.54. The van der Waals surface area contributed by atoms with E-state index in [0.29, 0.717) is 23.8 Å². The Balaban J connectivity index is 2.82. The van der Waals surface area contributed by atoms with Crippen LogP contribution in [0.5, 0.6) is 0 Å². The highest BCUT2D eigenvalue weighted by atomic mass is 16.2. The molecule has 1 amide bonds. The van der Waals surface area contributed by atoms with Crippen molar-refractivity contribution in [2.24, 2.45) is 5.92 Å². The first-order valence-corrected chi connectivity index (χ1v) is 5.55. The third-order valence-electron chi connectivity index (χ3n) is 2.26. The Morgan fingerprint density at radius 3 is 2.75 bits per heavy atom. The van der Waals surface area contributed by atoms with Crippen LogP contribution in [-0.4, -0.2) is 28.9 Å². The van der Waals surface area contributed by atoms with Crippen LogP contribution in [0.3, 0.4) is 0 Å². The van der Waals surface area contributed by atoms with Crippen LogP contribution in [0.1, 0.15) is 31.3 Å². The molecule has 1 rings (SSSR count). The lowest BCUT2D eigenvalue weighted by molar-refractivity contribution is 0.0740. The maximum atomic E-state index is 12.1. The van der Waals surface area contributed by atoms with Crippen LogP contribution in [0.4, 0.5) is 5.69 Å². The molecule has 2 N–H and O–H groups in total. The van der Waals surface area contributed by atoms with E-state index in [1.165, 1.54) is 0 Å². The topological polar surface area (TPSA) is 59.2 Å². The zero-order valence-electron chi connectivity index (χ0n) is 10.1. The minimum absolute atomic E-state index is 0.0523. The largest absolute Gasteiger partial charge is 0.399 e. The first-order valence-electron chi connectivity index (χ1n) is 5.55. The third-order valence-corrected chi connectivity index (χ3v) is 2.26. The zero-order chi connectivity index (χ0) is 12.1. The Bertz CT molecular complexity index is 363. The Labute approximate surface area is 96.5 Å². The highest BCUT2D eigenvalue weighted by molar-refractivity contribution is 5.93.